The molecule has 0 aliphatic heterocycles. The van der Waals surface area contributed by atoms with Crippen molar-refractivity contribution in [2.75, 3.05) is 19.8 Å². The van der Waals surface area contributed by atoms with Crippen molar-refractivity contribution in [3.63, 3.8) is 0 Å². The van der Waals surface area contributed by atoms with Crippen molar-refractivity contribution < 1.29 is 19.4 Å². The molecule has 0 radical (unpaired) electrons. The van der Waals surface area contributed by atoms with Crippen LogP contribution in [-0.4, -0.2) is 36.7 Å². The molecule has 1 saturated carbocycles. The van der Waals surface area contributed by atoms with Crippen LogP contribution < -0.4 is 5.32 Å². The number of hydrogen-bond acceptors (Lipinski definition) is 3. The van der Waals surface area contributed by atoms with E-state index in [9.17, 15) is 14.7 Å². The number of nitrogens with one attached hydrogen (secondary N) is 1. The summed E-state index contributed by atoms with van der Waals surface area (Å²) in [5.74, 6) is -0.458. The molecule has 2 N–H and O–H groups in total. The van der Waals surface area contributed by atoms with Crippen molar-refractivity contribution in [3.8, 4) is 0 Å². The van der Waals surface area contributed by atoms with Gasteiger partial charge in [0.25, 0.3) is 0 Å². The Morgan fingerprint density at radius 3 is 2.55 bits per heavy atom. The maximum atomic E-state index is 11.8. The minimum absolute atomic E-state index is 0.0168. The summed E-state index contributed by atoms with van der Waals surface area (Å²) in [5.41, 5.74) is -1.01. The van der Waals surface area contributed by atoms with Crippen LogP contribution in [0.5, 0.6) is 0 Å². The van der Waals surface area contributed by atoms with E-state index in [1.165, 1.54) is 12.8 Å². The maximum Gasteiger partial charge on any atom is 0.310 e. The quantitative estimate of drug-likeness (QED) is 0.602. The maximum absolute atomic E-state index is 11.8. The Hall–Kier alpha value is -1.10. The highest BCUT2D eigenvalue weighted by Crippen LogP contribution is 2.31. The number of rotatable bonds is 10. The van der Waals surface area contributed by atoms with Gasteiger partial charge in [-0.3, -0.25) is 9.59 Å². The molecular weight excluding hydrogens is 258 g/mol. The summed E-state index contributed by atoms with van der Waals surface area (Å²) >= 11 is 0. The first kappa shape index (κ1) is 17.0. The lowest BCUT2D eigenvalue weighted by molar-refractivity contribution is -0.153. The van der Waals surface area contributed by atoms with Gasteiger partial charge in [0.1, 0.15) is 0 Å². The highest BCUT2D eigenvalue weighted by atomic mass is 16.5. The van der Waals surface area contributed by atoms with Crippen molar-refractivity contribution in [1.82, 2.24) is 5.32 Å². The molecule has 0 bridgehead atoms. The zero-order chi connectivity index (χ0) is 15.2. The van der Waals surface area contributed by atoms with Crippen molar-refractivity contribution in [3.05, 3.63) is 0 Å². The molecule has 0 spiro atoms. The van der Waals surface area contributed by atoms with Gasteiger partial charge in [-0.25, -0.2) is 0 Å². The van der Waals surface area contributed by atoms with E-state index in [2.05, 4.69) is 5.32 Å². The van der Waals surface area contributed by atoms with Gasteiger partial charge >= 0.3 is 5.97 Å². The molecule has 1 aliphatic carbocycles. The second-order valence-corrected chi connectivity index (χ2v) is 6.28. The van der Waals surface area contributed by atoms with E-state index in [1.54, 1.807) is 6.92 Å². The number of aliphatic carboxylic acids is 1. The lowest BCUT2D eigenvalue weighted by Gasteiger charge is -2.28. The Kier molecular flexibility index (Phi) is 6.46. The number of carbonyl (C=O) groups is 2. The molecule has 5 heteroatoms. The molecule has 0 saturated heterocycles. The van der Waals surface area contributed by atoms with E-state index in [0.717, 1.165) is 18.9 Å². The minimum atomic E-state index is -1.01. The summed E-state index contributed by atoms with van der Waals surface area (Å²) in [6, 6.07) is 0. The highest BCUT2D eigenvalue weighted by molar-refractivity contribution is 5.84. The molecule has 0 aromatic heterocycles. The van der Waals surface area contributed by atoms with Gasteiger partial charge in [0, 0.05) is 26.2 Å². The molecule has 1 aliphatic rings. The highest BCUT2D eigenvalue weighted by Gasteiger charge is 2.38. The third-order valence-electron chi connectivity index (χ3n) is 4.13. The van der Waals surface area contributed by atoms with Crippen LogP contribution in [0.15, 0.2) is 0 Å². The van der Waals surface area contributed by atoms with Gasteiger partial charge in [-0.15, -0.1) is 0 Å². The zero-order valence-electron chi connectivity index (χ0n) is 12.8. The first-order valence-corrected chi connectivity index (χ1v) is 7.44. The first-order valence-electron chi connectivity index (χ1n) is 7.44. The van der Waals surface area contributed by atoms with Crippen LogP contribution in [0, 0.1) is 17.3 Å². The summed E-state index contributed by atoms with van der Waals surface area (Å²) in [5, 5.41) is 12.0. The Bertz CT molecular complexity index is 339. The topological polar surface area (TPSA) is 75.6 Å². The van der Waals surface area contributed by atoms with Crippen molar-refractivity contribution in [2.24, 2.45) is 17.3 Å². The zero-order valence-corrected chi connectivity index (χ0v) is 12.8. The van der Waals surface area contributed by atoms with E-state index in [0.29, 0.717) is 13.2 Å². The lowest BCUT2D eigenvalue weighted by Crippen LogP contribution is -2.39. The van der Waals surface area contributed by atoms with Crippen molar-refractivity contribution >= 4 is 11.9 Å². The van der Waals surface area contributed by atoms with Crippen LogP contribution in [0.25, 0.3) is 0 Å². The summed E-state index contributed by atoms with van der Waals surface area (Å²) in [4.78, 5) is 23.1. The normalized spacial score (nSPS) is 17.8. The third kappa shape index (κ3) is 5.49. The summed E-state index contributed by atoms with van der Waals surface area (Å²) in [6.45, 7) is 7.30. The van der Waals surface area contributed by atoms with E-state index in [1.807, 2.05) is 13.8 Å². The van der Waals surface area contributed by atoms with Gasteiger partial charge in [0.15, 0.2) is 0 Å². The van der Waals surface area contributed by atoms with Crippen LogP contribution in [0.2, 0.25) is 0 Å². The Morgan fingerprint density at radius 1 is 1.40 bits per heavy atom. The number of carbonyl (C=O) groups excluding carboxylic acids is 1. The second kappa shape index (κ2) is 7.62. The predicted octanol–water partition coefficient (Wildman–Crippen LogP) is 2.06. The molecule has 1 amide bonds. The van der Waals surface area contributed by atoms with E-state index in [4.69, 9.17) is 4.74 Å². The molecule has 0 aromatic rings. The van der Waals surface area contributed by atoms with Gasteiger partial charge in [0.05, 0.1) is 5.41 Å². The largest absolute Gasteiger partial charge is 0.481 e. The molecule has 116 valence electrons. The SMILES string of the molecule is CC(C)C(C)(CC(=O)NCCCOCC1CC1)C(=O)O. The van der Waals surface area contributed by atoms with Gasteiger partial charge in [-0.05, 0) is 38.0 Å². The molecule has 5 nitrogen and oxygen atoms in total. The van der Waals surface area contributed by atoms with Crippen molar-refractivity contribution in [1.29, 1.82) is 0 Å². The van der Waals surface area contributed by atoms with Crippen LogP contribution in [0.1, 0.15) is 46.5 Å². The summed E-state index contributed by atoms with van der Waals surface area (Å²) in [6.07, 6.45) is 3.34. The number of carboxylic acids is 1. The molecule has 1 unspecified atom stereocenters. The number of amides is 1. The Labute approximate surface area is 121 Å². The first-order chi connectivity index (χ1) is 9.36. The Balaban J connectivity index is 2.15. The fourth-order valence-electron chi connectivity index (χ4n) is 1.86. The predicted molar refractivity (Wildman–Crippen MR) is 76.4 cm³/mol. The minimum Gasteiger partial charge on any atom is -0.481 e. The molecule has 1 rings (SSSR count). The second-order valence-electron chi connectivity index (χ2n) is 6.28. The lowest BCUT2D eigenvalue weighted by atomic mass is 9.76. The van der Waals surface area contributed by atoms with E-state index < -0.39 is 11.4 Å². The smallest absolute Gasteiger partial charge is 0.310 e. The number of carboxylic acid groups (broad SMARTS) is 1. The molecular formula is C15H27NO4. The van der Waals surface area contributed by atoms with Crippen LogP contribution in [0.3, 0.4) is 0 Å². The summed E-state index contributed by atoms with van der Waals surface area (Å²) < 4.78 is 5.47. The monoisotopic (exact) mass is 285 g/mol. The fraction of sp³-hybridized carbons (Fsp3) is 0.867. The summed E-state index contributed by atoms with van der Waals surface area (Å²) in [7, 11) is 0. The van der Waals surface area contributed by atoms with Crippen LogP contribution in [0.4, 0.5) is 0 Å². The van der Waals surface area contributed by atoms with Crippen LogP contribution >= 0.6 is 0 Å². The van der Waals surface area contributed by atoms with Gasteiger partial charge < -0.3 is 15.2 Å². The van der Waals surface area contributed by atoms with E-state index in [-0.39, 0.29) is 18.2 Å². The molecule has 20 heavy (non-hydrogen) atoms. The average molecular weight is 285 g/mol. The number of hydrogen-bond donors (Lipinski definition) is 2. The molecule has 1 atom stereocenters. The van der Waals surface area contributed by atoms with E-state index >= 15 is 0 Å². The van der Waals surface area contributed by atoms with Gasteiger partial charge in [0.2, 0.25) is 5.91 Å². The molecule has 0 heterocycles. The fourth-order valence-corrected chi connectivity index (χ4v) is 1.86. The molecule has 0 aromatic carbocycles. The Morgan fingerprint density at radius 2 is 2.05 bits per heavy atom. The van der Waals surface area contributed by atoms with Crippen LogP contribution in [-0.2, 0) is 14.3 Å². The van der Waals surface area contributed by atoms with Gasteiger partial charge in [-0.2, -0.15) is 0 Å². The third-order valence-corrected chi connectivity index (χ3v) is 4.13. The number of ether oxygens (including phenoxy) is 1. The standard InChI is InChI=1S/C15H27NO4/c1-11(2)15(3,14(18)19)9-13(17)16-7-4-8-20-10-12-5-6-12/h11-12H,4-10H2,1-3H3,(H,16,17)(H,18,19). The van der Waals surface area contributed by atoms with Gasteiger partial charge in [-0.1, -0.05) is 13.8 Å². The van der Waals surface area contributed by atoms with Crippen molar-refractivity contribution in [2.45, 2.75) is 46.5 Å². The average Bonchev–Trinajstić information content (AvgIpc) is 3.16. The molecule has 1 fully saturated rings.